The van der Waals surface area contributed by atoms with E-state index in [4.69, 9.17) is 4.74 Å². The van der Waals surface area contributed by atoms with Gasteiger partial charge in [0.05, 0.1) is 23.1 Å². The Morgan fingerprint density at radius 1 is 1.00 bits per heavy atom. The van der Waals surface area contributed by atoms with E-state index in [-0.39, 0.29) is 11.2 Å². The van der Waals surface area contributed by atoms with Crippen LogP contribution < -0.4 is 4.74 Å². The molecule has 2 heterocycles. The zero-order valence-electron chi connectivity index (χ0n) is 20.4. The topological polar surface area (TPSA) is 52.8 Å². The summed E-state index contributed by atoms with van der Waals surface area (Å²) in [5.41, 5.74) is 6.11. The van der Waals surface area contributed by atoms with Crippen molar-refractivity contribution >= 4 is 10.9 Å². The maximum atomic E-state index is 13.5. The van der Waals surface area contributed by atoms with Crippen molar-refractivity contribution in [3.05, 3.63) is 108 Å². The fourth-order valence-corrected chi connectivity index (χ4v) is 5.64. The summed E-state index contributed by atoms with van der Waals surface area (Å²) in [7, 11) is 1.92. The monoisotopic (exact) mass is 478 g/mol. The van der Waals surface area contributed by atoms with Gasteiger partial charge in [0, 0.05) is 23.4 Å². The molecule has 0 atom stereocenters. The van der Waals surface area contributed by atoms with Crippen LogP contribution in [-0.4, -0.2) is 20.0 Å². The molecule has 0 bridgehead atoms. The Hall–Kier alpha value is -4.06. The Balaban J connectivity index is 1.38. The summed E-state index contributed by atoms with van der Waals surface area (Å²) in [6.45, 7) is 2.64. The second kappa shape index (κ2) is 8.86. The fourth-order valence-electron chi connectivity index (χ4n) is 5.64. The van der Waals surface area contributed by atoms with E-state index in [9.17, 15) is 4.39 Å². The lowest BCUT2D eigenvalue weighted by molar-refractivity contribution is 0.200. The van der Waals surface area contributed by atoms with Crippen LogP contribution in [0.1, 0.15) is 36.6 Å². The van der Waals surface area contributed by atoms with Crippen LogP contribution in [0, 0.1) is 11.7 Å². The fraction of sp³-hybridized carbons (Fsp3) is 0.233. The van der Waals surface area contributed by atoms with Gasteiger partial charge in [-0.2, -0.15) is 0 Å². The van der Waals surface area contributed by atoms with Crippen LogP contribution in [0.15, 0.2) is 85.1 Å². The minimum atomic E-state index is -0.262. The average molecular weight is 479 g/mol. The first kappa shape index (κ1) is 22.4. The van der Waals surface area contributed by atoms with E-state index >= 15 is 0 Å². The molecule has 3 aromatic carbocycles. The van der Waals surface area contributed by atoms with E-state index in [0.29, 0.717) is 12.5 Å². The normalized spacial score (nSPS) is 19.2. The van der Waals surface area contributed by atoms with Crippen molar-refractivity contribution in [2.75, 3.05) is 0 Å². The summed E-state index contributed by atoms with van der Waals surface area (Å²) in [4.78, 5) is 4.65. The summed E-state index contributed by atoms with van der Waals surface area (Å²) in [5.74, 6) is 1.17. The third-order valence-corrected chi connectivity index (χ3v) is 7.31. The molecule has 36 heavy (non-hydrogen) atoms. The summed E-state index contributed by atoms with van der Waals surface area (Å²) in [6.07, 6.45) is 3.96. The molecule has 1 saturated carbocycles. The summed E-state index contributed by atoms with van der Waals surface area (Å²) >= 11 is 0. The van der Waals surface area contributed by atoms with E-state index in [1.807, 2.05) is 36.1 Å². The molecule has 0 aliphatic heterocycles. The number of benzene rings is 3. The molecule has 0 spiro atoms. The molecule has 0 amide bonds. The van der Waals surface area contributed by atoms with Gasteiger partial charge in [0.15, 0.2) is 0 Å². The zero-order chi connectivity index (χ0) is 24.7. The van der Waals surface area contributed by atoms with E-state index in [1.165, 1.54) is 23.3 Å². The molecular formula is C30H27FN4O. The Bertz CT molecular complexity index is 1540. The van der Waals surface area contributed by atoms with Crippen LogP contribution in [0.25, 0.3) is 22.2 Å². The molecular weight excluding hydrogens is 451 g/mol. The molecule has 6 heteroatoms. The number of hydrogen-bond donors (Lipinski definition) is 0. The second-order valence-electron chi connectivity index (χ2n) is 9.84. The summed E-state index contributed by atoms with van der Waals surface area (Å²) in [6, 6.07) is 25.4. The van der Waals surface area contributed by atoms with Gasteiger partial charge >= 0.3 is 0 Å². The van der Waals surface area contributed by atoms with E-state index in [0.717, 1.165) is 46.4 Å². The molecule has 1 aliphatic carbocycles. The molecule has 0 saturated heterocycles. The number of ether oxygens (including phenoxy) is 1. The van der Waals surface area contributed by atoms with E-state index in [1.54, 1.807) is 6.07 Å². The molecule has 0 N–H and O–H groups in total. The number of pyridine rings is 1. The highest BCUT2D eigenvalue weighted by Crippen LogP contribution is 2.55. The molecule has 0 radical (unpaired) electrons. The highest BCUT2D eigenvalue weighted by atomic mass is 19.1. The standard InChI is InChI=1S/C30H27FN4O/c1-20-16-30(17-20,22-6-4-3-5-7-22)27-15-25(11-12-26(27)29-18-32-34-35(29)2)36-19-24-10-8-21-14-23(31)9-13-28(21)33-24/h3-15,18,20H,16-17,19H2,1-2H3. The Kier molecular flexibility index (Phi) is 5.52. The summed E-state index contributed by atoms with van der Waals surface area (Å²) < 4.78 is 21.6. The number of hydrogen-bond acceptors (Lipinski definition) is 4. The number of nitrogens with zero attached hydrogens (tertiary/aromatic N) is 4. The predicted molar refractivity (Wildman–Crippen MR) is 138 cm³/mol. The molecule has 5 nitrogen and oxygen atoms in total. The molecule has 1 fully saturated rings. The minimum Gasteiger partial charge on any atom is -0.487 e. The largest absolute Gasteiger partial charge is 0.487 e. The van der Waals surface area contributed by atoms with Crippen molar-refractivity contribution in [2.45, 2.75) is 31.8 Å². The number of halogens is 1. The van der Waals surface area contributed by atoms with Gasteiger partial charge in [0.2, 0.25) is 0 Å². The van der Waals surface area contributed by atoms with Crippen molar-refractivity contribution in [1.82, 2.24) is 20.0 Å². The van der Waals surface area contributed by atoms with Crippen LogP contribution in [0.4, 0.5) is 4.39 Å². The average Bonchev–Trinajstić information content (AvgIpc) is 3.31. The Morgan fingerprint density at radius 3 is 2.58 bits per heavy atom. The number of aryl methyl sites for hydroxylation is 1. The first-order chi connectivity index (χ1) is 17.5. The molecule has 5 aromatic rings. The maximum absolute atomic E-state index is 13.5. The van der Waals surface area contributed by atoms with E-state index in [2.05, 4.69) is 64.7 Å². The van der Waals surface area contributed by atoms with Crippen LogP contribution in [0.2, 0.25) is 0 Å². The molecule has 2 aromatic heterocycles. The lowest BCUT2D eigenvalue weighted by Crippen LogP contribution is -2.41. The van der Waals surface area contributed by atoms with E-state index < -0.39 is 0 Å². The quantitative estimate of drug-likeness (QED) is 0.281. The molecule has 0 unspecified atom stereocenters. The maximum Gasteiger partial charge on any atom is 0.130 e. The third kappa shape index (κ3) is 3.92. The minimum absolute atomic E-state index is 0.0923. The Labute approximate surface area is 209 Å². The second-order valence-corrected chi connectivity index (χ2v) is 9.84. The van der Waals surface area contributed by atoms with Gasteiger partial charge in [0.25, 0.3) is 0 Å². The summed E-state index contributed by atoms with van der Waals surface area (Å²) in [5, 5.41) is 9.09. The van der Waals surface area contributed by atoms with Crippen molar-refractivity contribution in [3.8, 4) is 17.0 Å². The Morgan fingerprint density at radius 2 is 1.83 bits per heavy atom. The van der Waals surface area contributed by atoms with Crippen molar-refractivity contribution in [2.24, 2.45) is 13.0 Å². The van der Waals surface area contributed by atoms with Crippen LogP contribution in [0.3, 0.4) is 0 Å². The van der Waals surface area contributed by atoms with Gasteiger partial charge in [-0.15, -0.1) is 5.10 Å². The predicted octanol–water partition coefficient (Wildman–Crippen LogP) is 6.46. The lowest BCUT2D eigenvalue weighted by atomic mass is 9.55. The number of aromatic nitrogens is 4. The van der Waals surface area contributed by atoms with Gasteiger partial charge in [-0.3, -0.25) is 0 Å². The van der Waals surface area contributed by atoms with Crippen LogP contribution in [0.5, 0.6) is 5.75 Å². The number of rotatable bonds is 6. The smallest absolute Gasteiger partial charge is 0.130 e. The van der Waals surface area contributed by atoms with Gasteiger partial charge in [-0.25, -0.2) is 14.1 Å². The van der Waals surface area contributed by atoms with Crippen molar-refractivity contribution in [3.63, 3.8) is 0 Å². The zero-order valence-corrected chi connectivity index (χ0v) is 20.4. The van der Waals surface area contributed by atoms with Crippen molar-refractivity contribution in [1.29, 1.82) is 0 Å². The third-order valence-electron chi connectivity index (χ3n) is 7.31. The van der Waals surface area contributed by atoms with Crippen molar-refractivity contribution < 1.29 is 9.13 Å². The van der Waals surface area contributed by atoms with Gasteiger partial charge < -0.3 is 4.74 Å². The lowest BCUT2D eigenvalue weighted by Gasteiger charge is -2.48. The highest BCUT2D eigenvalue weighted by molar-refractivity contribution is 5.78. The van der Waals surface area contributed by atoms with Crippen LogP contribution >= 0.6 is 0 Å². The van der Waals surface area contributed by atoms with Gasteiger partial charge in [-0.1, -0.05) is 48.5 Å². The number of fused-ring (bicyclic) bond motifs is 1. The first-order valence-electron chi connectivity index (χ1n) is 12.2. The highest BCUT2D eigenvalue weighted by Gasteiger charge is 2.46. The molecule has 1 aliphatic rings. The molecule has 180 valence electrons. The van der Waals surface area contributed by atoms with Crippen LogP contribution in [-0.2, 0) is 19.1 Å². The first-order valence-corrected chi connectivity index (χ1v) is 12.2. The van der Waals surface area contributed by atoms with Gasteiger partial charge in [0.1, 0.15) is 18.2 Å². The molecule has 6 rings (SSSR count). The SMILES string of the molecule is CC1CC(c2ccccc2)(c2cc(OCc3ccc4cc(F)ccc4n3)ccc2-c2cnnn2C)C1. The van der Waals surface area contributed by atoms with Gasteiger partial charge in [-0.05, 0) is 72.4 Å².